The Kier molecular flexibility index (Phi) is 27.7. The fourth-order valence-corrected chi connectivity index (χ4v) is 4.53. The predicted molar refractivity (Wildman–Crippen MR) is 158 cm³/mol. The largest absolute Gasteiger partial charge is 0.479 e. The molecule has 4 nitrogen and oxygen atoms in total. The fraction of sp³-hybridized carbons (Fsp3) is 0.818. The molecular formula is C33H60O4. The number of esters is 1. The summed E-state index contributed by atoms with van der Waals surface area (Å²) in [6.45, 7) is 4.48. The van der Waals surface area contributed by atoms with Crippen LogP contribution in [-0.2, 0) is 14.3 Å². The van der Waals surface area contributed by atoms with Crippen LogP contribution in [0.5, 0.6) is 0 Å². The van der Waals surface area contributed by atoms with Crippen LogP contribution in [0.25, 0.3) is 0 Å². The summed E-state index contributed by atoms with van der Waals surface area (Å²) in [5.74, 6) is -1.37. The number of ether oxygens (including phenoxy) is 1. The normalized spacial score (nSPS) is 12.5. The molecule has 0 aromatic heterocycles. The molecule has 0 heterocycles. The van der Waals surface area contributed by atoms with Gasteiger partial charge in [0, 0.05) is 6.42 Å². The van der Waals surface area contributed by atoms with E-state index in [4.69, 9.17) is 4.74 Å². The third-order valence-corrected chi connectivity index (χ3v) is 6.95. The molecule has 0 aliphatic heterocycles. The van der Waals surface area contributed by atoms with Crippen molar-refractivity contribution in [1.29, 1.82) is 0 Å². The predicted octanol–water partition coefficient (Wildman–Crippen LogP) is 10.5. The minimum absolute atomic E-state index is 0.326. The number of hydrogen-bond acceptors (Lipinski definition) is 3. The number of unbranched alkanes of at least 4 members (excludes halogenated alkanes) is 18. The molecule has 0 fully saturated rings. The van der Waals surface area contributed by atoms with Crippen LogP contribution in [-0.4, -0.2) is 23.1 Å². The molecule has 0 aliphatic rings. The van der Waals surface area contributed by atoms with Crippen LogP contribution < -0.4 is 0 Å². The lowest BCUT2D eigenvalue weighted by Gasteiger charge is -2.13. The standard InChI is InChI=1S/C33H60O4/c1-3-5-7-9-11-13-15-16-17-18-20-22-24-26-28-30-32(34)37-31(33(35)36)29-27-25-23-21-19-14-12-10-8-6-4-2/h11,13,16-17,31H,3-10,12,14-15,18-30H2,1-2H3,(H,35,36)/b13-11-,17-16-. The van der Waals surface area contributed by atoms with Gasteiger partial charge in [-0.1, -0.05) is 134 Å². The molecule has 0 aromatic rings. The molecule has 216 valence electrons. The van der Waals surface area contributed by atoms with E-state index in [1.165, 1.54) is 89.9 Å². The van der Waals surface area contributed by atoms with Crippen LogP contribution >= 0.6 is 0 Å². The minimum Gasteiger partial charge on any atom is -0.479 e. The molecule has 0 saturated heterocycles. The number of carboxylic acids is 1. The van der Waals surface area contributed by atoms with Crippen LogP contribution in [0.2, 0.25) is 0 Å². The van der Waals surface area contributed by atoms with Crippen molar-refractivity contribution in [2.45, 2.75) is 174 Å². The Bertz CT molecular complexity index is 567. The van der Waals surface area contributed by atoms with Crippen LogP contribution in [0.1, 0.15) is 168 Å². The van der Waals surface area contributed by atoms with Crippen molar-refractivity contribution < 1.29 is 19.4 Å². The summed E-state index contributed by atoms with van der Waals surface area (Å²) < 4.78 is 5.27. The molecule has 1 unspecified atom stereocenters. The SMILES string of the molecule is CCCCC/C=C\C/C=C\CCCCCCCC(=O)OC(CCCCCCCCCCCCC)C(=O)O. The second-order valence-electron chi connectivity index (χ2n) is 10.6. The van der Waals surface area contributed by atoms with Gasteiger partial charge in [-0.3, -0.25) is 4.79 Å². The van der Waals surface area contributed by atoms with Crippen molar-refractivity contribution >= 4 is 11.9 Å². The molecule has 0 rings (SSSR count). The number of allylic oxidation sites excluding steroid dienone is 4. The van der Waals surface area contributed by atoms with Crippen molar-refractivity contribution in [2.75, 3.05) is 0 Å². The van der Waals surface area contributed by atoms with Gasteiger partial charge in [-0.2, -0.15) is 0 Å². The van der Waals surface area contributed by atoms with E-state index >= 15 is 0 Å². The lowest BCUT2D eigenvalue weighted by Crippen LogP contribution is -2.27. The zero-order valence-corrected chi connectivity index (χ0v) is 24.5. The Labute approximate surface area is 229 Å². The van der Waals surface area contributed by atoms with E-state index in [2.05, 4.69) is 38.2 Å². The Morgan fingerprint density at radius 3 is 1.57 bits per heavy atom. The van der Waals surface area contributed by atoms with E-state index in [1.54, 1.807) is 0 Å². The molecule has 0 bridgehead atoms. The van der Waals surface area contributed by atoms with E-state index in [0.29, 0.717) is 12.8 Å². The molecule has 37 heavy (non-hydrogen) atoms. The number of aliphatic carboxylic acids is 1. The van der Waals surface area contributed by atoms with Gasteiger partial charge in [0.25, 0.3) is 0 Å². The third-order valence-electron chi connectivity index (χ3n) is 6.95. The summed E-state index contributed by atoms with van der Waals surface area (Å²) in [5, 5.41) is 9.40. The summed E-state index contributed by atoms with van der Waals surface area (Å²) in [6, 6.07) is 0. The van der Waals surface area contributed by atoms with Crippen LogP contribution in [0, 0.1) is 0 Å². The average Bonchev–Trinajstić information content (AvgIpc) is 2.88. The summed E-state index contributed by atoms with van der Waals surface area (Å²) in [6.07, 6.45) is 34.8. The molecule has 0 radical (unpaired) electrons. The Morgan fingerprint density at radius 1 is 0.595 bits per heavy atom. The van der Waals surface area contributed by atoms with Gasteiger partial charge in [0.05, 0.1) is 0 Å². The van der Waals surface area contributed by atoms with Gasteiger partial charge in [0.1, 0.15) is 0 Å². The summed E-state index contributed by atoms with van der Waals surface area (Å²) >= 11 is 0. The summed E-state index contributed by atoms with van der Waals surface area (Å²) in [5.41, 5.74) is 0. The van der Waals surface area contributed by atoms with E-state index in [9.17, 15) is 14.7 Å². The number of carbonyl (C=O) groups is 2. The summed E-state index contributed by atoms with van der Waals surface area (Å²) in [7, 11) is 0. The lowest BCUT2D eigenvalue weighted by molar-refractivity contribution is -0.164. The number of carbonyl (C=O) groups excluding carboxylic acids is 1. The maximum atomic E-state index is 12.1. The van der Waals surface area contributed by atoms with E-state index < -0.39 is 12.1 Å². The van der Waals surface area contributed by atoms with E-state index in [1.807, 2.05) is 0 Å². The molecule has 1 N–H and O–H groups in total. The molecule has 0 aliphatic carbocycles. The fourth-order valence-electron chi connectivity index (χ4n) is 4.53. The molecule has 0 saturated carbocycles. The van der Waals surface area contributed by atoms with Gasteiger partial charge in [0.15, 0.2) is 6.10 Å². The zero-order valence-electron chi connectivity index (χ0n) is 24.5. The highest BCUT2D eigenvalue weighted by Crippen LogP contribution is 2.15. The molecular weight excluding hydrogens is 460 g/mol. The smallest absolute Gasteiger partial charge is 0.345 e. The highest BCUT2D eigenvalue weighted by molar-refractivity contribution is 5.77. The van der Waals surface area contributed by atoms with Crippen LogP contribution in [0.3, 0.4) is 0 Å². The molecule has 0 spiro atoms. The van der Waals surface area contributed by atoms with Crippen molar-refractivity contribution in [3.05, 3.63) is 24.3 Å². The van der Waals surface area contributed by atoms with Gasteiger partial charge in [-0.05, 0) is 51.4 Å². The molecule has 4 heteroatoms. The topological polar surface area (TPSA) is 63.6 Å². The van der Waals surface area contributed by atoms with Crippen LogP contribution in [0.4, 0.5) is 0 Å². The maximum Gasteiger partial charge on any atom is 0.345 e. The van der Waals surface area contributed by atoms with Gasteiger partial charge in [0.2, 0.25) is 0 Å². The van der Waals surface area contributed by atoms with Crippen molar-refractivity contribution in [2.24, 2.45) is 0 Å². The second kappa shape index (κ2) is 29.0. The quantitative estimate of drug-likeness (QED) is 0.0633. The second-order valence-corrected chi connectivity index (χ2v) is 10.6. The monoisotopic (exact) mass is 520 g/mol. The van der Waals surface area contributed by atoms with Crippen molar-refractivity contribution in [3.8, 4) is 0 Å². The van der Waals surface area contributed by atoms with Gasteiger partial charge >= 0.3 is 11.9 Å². The minimum atomic E-state index is -1.01. The van der Waals surface area contributed by atoms with Crippen LogP contribution in [0.15, 0.2) is 24.3 Å². The Hall–Kier alpha value is -1.58. The first-order chi connectivity index (χ1) is 18.1. The summed E-state index contributed by atoms with van der Waals surface area (Å²) in [4.78, 5) is 23.6. The highest BCUT2D eigenvalue weighted by atomic mass is 16.6. The average molecular weight is 521 g/mol. The molecule has 0 aromatic carbocycles. The van der Waals surface area contributed by atoms with Crippen molar-refractivity contribution in [1.82, 2.24) is 0 Å². The first kappa shape index (κ1) is 35.4. The molecule has 0 amide bonds. The highest BCUT2D eigenvalue weighted by Gasteiger charge is 2.21. The number of rotatable bonds is 28. The zero-order chi connectivity index (χ0) is 27.2. The van der Waals surface area contributed by atoms with E-state index in [0.717, 1.165) is 51.4 Å². The van der Waals surface area contributed by atoms with Gasteiger partial charge in [-0.15, -0.1) is 0 Å². The number of hydrogen-bond donors (Lipinski definition) is 1. The van der Waals surface area contributed by atoms with E-state index in [-0.39, 0.29) is 5.97 Å². The first-order valence-electron chi connectivity index (χ1n) is 15.8. The van der Waals surface area contributed by atoms with Crippen molar-refractivity contribution in [3.63, 3.8) is 0 Å². The Morgan fingerprint density at radius 2 is 1.03 bits per heavy atom. The lowest BCUT2D eigenvalue weighted by atomic mass is 10.0. The Balaban J connectivity index is 3.63. The number of carboxylic acid groups (broad SMARTS) is 1. The van der Waals surface area contributed by atoms with Gasteiger partial charge < -0.3 is 9.84 Å². The van der Waals surface area contributed by atoms with Gasteiger partial charge in [-0.25, -0.2) is 4.79 Å². The first-order valence-corrected chi connectivity index (χ1v) is 15.8. The maximum absolute atomic E-state index is 12.1. The molecule has 1 atom stereocenters. The third kappa shape index (κ3) is 27.3.